The Morgan fingerprint density at radius 1 is 1.12 bits per heavy atom. The first-order valence-corrected chi connectivity index (χ1v) is 12.1. The molecule has 5 rings (SSSR count). The van der Waals surface area contributed by atoms with E-state index in [4.69, 9.17) is 14.2 Å². The Morgan fingerprint density at radius 2 is 1.85 bits per heavy atom. The number of ether oxygens (including phenoxy) is 3. The van der Waals surface area contributed by atoms with Crippen LogP contribution in [-0.2, 0) is 11.2 Å². The Bertz CT molecular complexity index is 1120. The summed E-state index contributed by atoms with van der Waals surface area (Å²) in [6, 6.07) is 10.4. The van der Waals surface area contributed by atoms with Crippen molar-refractivity contribution in [2.75, 3.05) is 37.6 Å². The number of rotatable bonds is 6. The van der Waals surface area contributed by atoms with Gasteiger partial charge in [0, 0.05) is 24.3 Å². The third-order valence-corrected chi connectivity index (χ3v) is 7.16. The molecule has 33 heavy (non-hydrogen) atoms. The molecule has 172 valence electrons. The molecule has 2 aliphatic heterocycles. The van der Waals surface area contributed by atoms with E-state index in [1.165, 1.54) is 6.07 Å². The Kier molecular flexibility index (Phi) is 6.24. The van der Waals surface area contributed by atoms with Gasteiger partial charge in [0.1, 0.15) is 0 Å². The first-order chi connectivity index (χ1) is 16.1. The highest BCUT2D eigenvalue weighted by Crippen LogP contribution is 2.36. The highest BCUT2D eigenvalue weighted by atomic mass is 32.2. The van der Waals surface area contributed by atoms with Crippen molar-refractivity contribution in [2.24, 2.45) is 5.92 Å². The van der Waals surface area contributed by atoms with Gasteiger partial charge in [-0.2, -0.15) is 0 Å². The standard InChI is InChI=1S/C24H24FN3O4S/c1-30-19-12-26-24(27-13-19)28-8-6-16(7-9-28)14-31-21-4-2-17(10-20(21)25)18-3-5-23-22(11-18)32-15-33(23)29/h2-5,10-13,16H,6-9,14-15H2,1H3. The van der Waals surface area contributed by atoms with E-state index in [0.717, 1.165) is 37.1 Å². The Labute approximate surface area is 194 Å². The molecule has 1 atom stereocenters. The molecule has 0 saturated carbocycles. The number of halogens is 1. The Morgan fingerprint density at radius 3 is 2.58 bits per heavy atom. The summed E-state index contributed by atoms with van der Waals surface area (Å²) in [5.74, 6) is 2.29. The molecule has 3 heterocycles. The maximum Gasteiger partial charge on any atom is 0.250 e. The van der Waals surface area contributed by atoms with Crippen LogP contribution in [0.4, 0.5) is 10.3 Å². The van der Waals surface area contributed by atoms with Crippen LogP contribution >= 0.6 is 0 Å². The Hall–Kier alpha value is -3.04. The van der Waals surface area contributed by atoms with Gasteiger partial charge in [0.25, 0.3) is 5.94 Å². The fourth-order valence-corrected chi connectivity index (χ4v) is 4.97. The molecule has 0 spiro atoms. The molecule has 9 heteroatoms. The molecule has 0 aliphatic carbocycles. The minimum Gasteiger partial charge on any atom is -0.609 e. The van der Waals surface area contributed by atoms with Crippen LogP contribution in [0.2, 0.25) is 0 Å². The van der Waals surface area contributed by atoms with Crippen molar-refractivity contribution in [1.82, 2.24) is 9.97 Å². The van der Waals surface area contributed by atoms with Crippen molar-refractivity contribution in [3.05, 3.63) is 54.6 Å². The van der Waals surface area contributed by atoms with Crippen molar-refractivity contribution in [3.8, 4) is 28.4 Å². The van der Waals surface area contributed by atoms with Gasteiger partial charge in [-0.05, 0) is 60.2 Å². The molecule has 7 nitrogen and oxygen atoms in total. The second-order valence-electron chi connectivity index (χ2n) is 8.08. The smallest absolute Gasteiger partial charge is 0.250 e. The van der Waals surface area contributed by atoms with E-state index in [2.05, 4.69) is 14.9 Å². The lowest BCUT2D eigenvalue weighted by Gasteiger charge is -2.31. The van der Waals surface area contributed by atoms with Crippen LogP contribution in [0.25, 0.3) is 11.1 Å². The van der Waals surface area contributed by atoms with Crippen LogP contribution in [0.15, 0.2) is 53.7 Å². The van der Waals surface area contributed by atoms with E-state index >= 15 is 0 Å². The molecule has 2 aromatic carbocycles. The molecule has 1 unspecified atom stereocenters. The van der Waals surface area contributed by atoms with Crippen LogP contribution in [0.1, 0.15) is 12.8 Å². The van der Waals surface area contributed by atoms with E-state index in [1.54, 1.807) is 37.7 Å². The third-order valence-electron chi connectivity index (χ3n) is 6.00. The quantitative estimate of drug-likeness (QED) is 0.504. The van der Waals surface area contributed by atoms with E-state index in [9.17, 15) is 8.94 Å². The largest absolute Gasteiger partial charge is 0.609 e. The van der Waals surface area contributed by atoms with Gasteiger partial charge in [0.05, 0.1) is 26.1 Å². The van der Waals surface area contributed by atoms with Gasteiger partial charge < -0.3 is 23.7 Å². The van der Waals surface area contributed by atoms with Crippen molar-refractivity contribution in [1.29, 1.82) is 0 Å². The van der Waals surface area contributed by atoms with E-state index in [1.807, 2.05) is 12.1 Å². The van der Waals surface area contributed by atoms with Crippen molar-refractivity contribution in [2.45, 2.75) is 17.7 Å². The number of nitrogens with zero attached hydrogens (tertiary/aromatic N) is 3. The van der Waals surface area contributed by atoms with Crippen LogP contribution in [0.3, 0.4) is 0 Å². The molecular weight excluding hydrogens is 445 g/mol. The minimum absolute atomic E-state index is 0.173. The van der Waals surface area contributed by atoms with E-state index < -0.39 is 17.0 Å². The van der Waals surface area contributed by atoms with Crippen molar-refractivity contribution >= 4 is 17.1 Å². The molecule has 0 radical (unpaired) electrons. The summed E-state index contributed by atoms with van der Waals surface area (Å²) in [5, 5.41) is 0. The second kappa shape index (κ2) is 9.44. The number of aromatic nitrogens is 2. The average molecular weight is 470 g/mol. The fourth-order valence-electron chi connectivity index (χ4n) is 4.05. The predicted molar refractivity (Wildman–Crippen MR) is 123 cm³/mol. The number of hydrogen-bond donors (Lipinski definition) is 0. The molecule has 1 saturated heterocycles. The van der Waals surface area contributed by atoms with Crippen molar-refractivity contribution < 1.29 is 23.2 Å². The summed E-state index contributed by atoms with van der Waals surface area (Å²) in [6.45, 7) is 2.12. The van der Waals surface area contributed by atoms with Crippen molar-refractivity contribution in [3.63, 3.8) is 0 Å². The van der Waals surface area contributed by atoms with Crippen LogP contribution < -0.4 is 19.1 Å². The molecular formula is C24H24FN3O4S. The monoisotopic (exact) mass is 469 g/mol. The topological polar surface area (TPSA) is 79.8 Å². The SMILES string of the molecule is COc1cnc(N2CCC(COc3ccc(-c4ccc5c(c4)OC[S+]5[O-])cc3F)CC2)nc1. The maximum absolute atomic E-state index is 14.7. The van der Waals surface area contributed by atoms with Crippen LogP contribution in [0.5, 0.6) is 17.2 Å². The summed E-state index contributed by atoms with van der Waals surface area (Å²) in [6.07, 6.45) is 5.18. The Balaban J connectivity index is 1.16. The molecule has 1 aromatic heterocycles. The normalized spacial score (nSPS) is 18.0. The summed E-state index contributed by atoms with van der Waals surface area (Å²) in [5.41, 5.74) is 1.53. The fraction of sp³-hybridized carbons (Fsp3) is 0.333. The zero-order valence-corrected chi connectivity index (χ0v) is 19.0. The highest BCUT2D eigenvalue weighted by molar-refractivity contribution is 7.91. The van der Waals surface area contributed by atoms with Crippen LogP contribution in [0, 0.1) is 11.7 Å². The van der Waals surface area contributed by atoms with Gasteiger partial charge in [-0.1, -0.05) is 6.07 Å². The first-order valence-electron chi connectivity index (χ1n) is 10.8. The summed E-state index contributed by atoms with van der Waals surface area (Å²) in [4.78, 5) is 11.5. The summed E-state index contributed by atoms with van der Waals surface area (Å²) < 4.78 is 42.9. The number of anilines is 1. The highest BCUT2D eigenvalue weighted by Gasteiger charge is 2.26. The summed E-state index contributed by atoms with van der Waals surface area (Å²) >= 11 is -1.12. The molecule has 0 amide bonds. The zero-order chi connectivity index (χ0) is 22.8. The zero-order valence-electron chi connectivity index (χ0n) is 18.2. The molecule has 2 aliphatic rings. The second-order valence-corrected chi connectivity index (χ2v) is 9.45. The van der Waals surface area contributed by atoms with Crippen LogP contribution in [-0.4, -0.2) is 47.3 Å². The lowest BCUT2D eigenvalue weighted by molar-refractivity contribution is 0.215. The van der Waals surface area contributed by atoms with Gasteiger partial charge in [-0.3, -0.25) is 0 Å². The minimum atomic E-state index is -1.12. The van der Waals surface area contributed by atoms with E-state index in [-0.39, 0.29) is 11.7 Å². The third kappa shape index (κ3) is 4.69. The van der Waals surface area contributed by atoms with E-state index in [0.29, 0.717) is 34.9 Å². The summed E-state index contributed by atoms with van der Waals surface area (Å²) in [7, 11) is 1.59. The number of piperidine rings is 1. The first kappa shape index (κ1) is 21.8. The molecule has 3 aromatic rings. The predicted octanol–water partition coefficient (Wildman–Crippen LogP) is 4.04. The molecule has 0 N–H and O–H groups in total. The number of benzene rings is 2. The van der Waals surface area contributed by atoms with Gasteiger partial charge in [0.2, 0.25) is 5.95 Å². The lowest BCUT2D eigenvalue weighted by Crippen LogP contribution is -2.36. The molecule has 1 fully saturated rings. The average Bonchev–Trinajstić information content (AvgIpc) is 3.23. The number of fused-ring (bicyclic) bond motifs is 1. The maximum atomic E-state index is 14.7. The van der Waals surface area contributed by atoms with Gasteiger partial charge in [0.15, 0.2) is 28.0 Å². The number of hydrogen-bond acceptors (Lipinski definition) is 7. The number of methoxy groups -OCH3 is 1. The van der Waals surface area contributed by atoms with Gasteiger partial charge in [-0.25, -0.2) is 14.4 Å². The van der Waals surface area contributed by atoms with Gasteiger partial charge >= 0.3 is 0 Å². The lowest BCUT2D eigenvalue weighted by atomic mass is 9.98. The molecule has 0 bridgehead atoms. The van der Waals surface area contributed by atoms with Gasteiger partial charge in [-0.15, -0.1) is 0 Å².